The molecule has 0 aliphatic carbocycles. The van der Waals surface area contributed by atoms with Crippen molar-refractivity contribution >= 4 is 17.7 Å². The van der Waals surface area contributed by atoms with Crippen molar-refractivity contribution in [1.29, 1.82) is 0 Å². The van der Waals surface area contributed by atoms with Gasteiger partial charge in [0.05, 0.1) is 11.3 Å². The highest BCUT2D eigenvalue weighted by atomic mass is 32.2. The van der Waals surface area contributed by atoms with Gasteiger partial charge in [-0.15, -0.1) is 0 Å². The van der Waals surface area contributed by atoms with Gasteiger partial charge in [0.25, 0.3) is 5.91 Å². The van der Waals surface area contributed by atoms with Crippen LogP contribution in [0.25, 0.3) is 0 Å². The molecule has 6 heteroatoms. The smallest absolute Gasteiger partial charge is 0.254 e. The van der Waals surface area contributed by atoms with Gasteiger partial charge in [0, 0.05) is 30.2 Å². The second-order valence-electron chi connectivity index (χ2n) is 5.52. The van der Waals surface area contributed by atoms with Gasteiger partial charge in [-0.05, 0) is 32.0 Å². The maximum absolute atomic E-state index is 12.5. The van der Waals surface area contributed by atoms with Gasteiger partial charge in [-0.25, -0.2) is 0 Å². The van der Waals surface area contributed by atoms with Crippen LogP contribution in [0.2, 0.25) is 0 Å². The summed E-state index contributed by atoms with van der Waals surface area (Å²) in [7, 11) is 0. The van der Waals surface area contributed by atoms with Crippen molar-refractivity contribution in [2.75, 3.05) is 24.6 Å². The molecule has 5 nitrogen and oxygen atoms in total. The Morgan fingerprint density at radius 2 is 2.13 bits per heavy atom. The Kier molecular flexibility index (Phi) is 4.91. The summed E-state index contributed by atoms with van der Waals surface area (Å²) in [6.45, 7) is 5.77. The zero-order valence-electron chi connectivity index (χ0n) is 13.4. The molecule has 0 atom stereocenters. The molecule has 3 rings (SSSR count). The predicted molar refractivity (Wildman–Crippen MR) is 90.0 cm³/mol. The highest BCUT2D eigenvalue weighted by Crippen LogP contribution is 2.20. The molecule has 0 bridgehead atoms. The summed E-state index contributed by atoms with van der Waals surface area (Å²) in [5.41, 5.74) is 2.46. The number of aromatic nitrogens is 1. The molecule has 2 heterocycles. The lowest BCUT2D eigenvalue weighted by molar-refractivity contribution is 0.0772. The fourth-order valence-electron chi connectivity index (χ4n) is 2.53. The van der Waals surface area contributed by atoms with Crippen LogP contribution in [0.15, 0.2) is 28.8 Å². The van der Waals surface area contributed by atoms with E-state index < -0.39 is 0 Å². The fourth-order valence-corrected chi connectivity index (χ4v) is 3.43. The van der Waals surface area contributed by atoms with Gasteiger partial charge < -0.3 is 14.2 Å². The fraction of sp³-hybridized carbons (Fsp3) is 0.412. The Bertz CT molecular complexity index is 673. The Labute approximate surface area is 140 Å². The largest absolute Gasteiger partial charge is 0.489 e. The van der Waals surface area contributed by atoms with Gasteiger partial charge in [-0.2, -0.15) is 11.8 Å². The van der Waals surface area contributed by atoms with Crippen LogP contribution in [0.1, 0.15) is 27.4 Å². The average Bonchev–Trinajstić information content (AvgIpc) is 2.91. The van der Waals surface area contributed by atoms with Crippen molar-refractivity contribution in [2.45, 2.75) is 20.5 Å². The minimum Gasteiger partial charge on any atom is -0.489 e. The van der Waals surface area contributed by atoms with Crippen molar-refractivity contribution in [2.24, 2.45) is 0 Å². The molecule has 0 unspecified atom stereocenters. The first-order chi connectivity index (χ1) is 11.1. The van der Waals surface area contributed by atoms with E-state index in [0.29, 0.717) is 17.9 Å². The van der Waals surface area contributed by atoms with Crippen molar-refractivity contribution in [3.05, 3.63) is 46.8 Å². The lowest BCUT2D eigenvalue weighted by atomic mass is 10.2. The summed E-state index contributed by atoms with van der Waals surface area (Å²) in [4.78, 5) is 14.4. The van der Waals surface area contributed by atoms with Crippen LogP contribution in [0.5, 0.6) is 5.75 Å². The quantitative estimate of drug-likeness (QED) is 0.861. The molecule has 1 saturated heterocycles. The third-order valence-corrected chi connectivity index (χ3v) is 4.89. The lowest BCUT2D eigenvalue weighted by Gasteiger charge is -2.26. The molecule has 1 aliphatic heterocycles. The van der Waals surface area contributed by atoms with Crippen molar-refractivity contribution in [3.63, 3.8) is 0 Å². The van der Waals surface area contributed by atoms with Crippen molar-refractivity contribution in [1.82, 2.24) is 10.1 Å². The van der Waals surface area contributed by atoms with E-state index in [0.717, 1.165) is 41.6 Å². The molecule has 23 heavy (non-hydrogen) atoms. The summed E-state index contributed by atoms with van der Waals surface area (Å²) in [6, 6.07) is 7.37. The monoisotopic (exact) mass is 332 g/mol. The topological polar surface area (TPSA) is 55.6 Å². The number of hydrogen-bond donors (Lipinski definition) is 0. The van der Waals surface area contributed by atoms with Gasteiger partial charge >= 0.3 is 0 Å². The van der Waals surface area contributed by atoms with Crippen LogP contribution >= 0.6 is 11.8 Å². The number of aryl methyl sites for hydroxylation is 2. The zero-order valence-corrected chi connectivity index (χ0v) is 14.2. The number of carbonyl (C=O) groups is 1. The van der Waals surface area contributed by atoms with E-state index in [2.05, 4.69) is 5.16 Å². The Morgan fingerprint density at radius 1 is 1.35 bits per heavy atom. The Hall–Kier alpha value is -1.95. The maximum Gasteiger partial charge on any atom is 0.254 e. The molecular weight excluding hydrogens is 312 g/mol. The van der Waals surface area contributed by atoms with E-state index in [4.69, 9.17) is 9.26 Å². The predicted octanol–water partition coefficient (Wildman–Crippen LogP) is 3.06. The van der Waals surface area contributed by atoms with Crippen molar-refractivity contribution in [3.8, 4) is 5.75 Å². The van der Waals surface area contributed by atoms with E-state index in [1.165, 1.54) is 0 Å². The molecular formula is C17H20N2O3S. The van der Waals surface area contributed by atoms with E-state index in [-0.39, 0.29) is 5.91 Å². The SMILES string of the molecule is Cc1noc(C)c1COc1cccc(C(=O)N2CCSCC2)c1. The number of benzene rings is 1. The van der Waals surface area contributed by atoms with Gasteiger partial charge in [-0.3, -0.25) is 4.79 Å². The Balaban J connectivity index is 1.68. The number of nitrogens with zero attached hydrogens (tertiary/aromatic N) is 2. The third-order valence-electron chi connectivity index (χ3n) is 3.94. The minimum atomic E-state index is 0.0769. The number of hydrogen-bond acceptors (Lipinski definition) is 5. The highest BCUT2D eigenvalue weighted by molar-refractivity contribution is 7.99. The normalized spacial score (nSPS) is 14.8. The van der Waals surface area contributed by atoms with Crippen LogP contribution in [-0.2, 0) is 6.61 Å². The minimum absolute atomic E-state index is 0.0769. The molecule has 1 fully saturated rings. The number of carbonyl (C=O) groups excluding carboxylic acids is 1. The van der Waals surface area contributed by atoms with Gasteiger partial charge in [0.2, 0.25) is 0 Å². The molecule has 122 valence electrons. The molecule has 1 amide bonds. The second-order valence-corrected chi connectivity index (χ2v) is 6.75. The standard InChI is InChI=1S/C17H20N2O3S/c1-12-16(13(2)22-18-12)11-21-15-5-3-4-14(10-15)17(20)19-6-8-23-9-7-19/h3-5,10H,6-9,11H2,1-2H3. The number of thioether (sulfide) groups is 1. The van der Waals surface area contributed by atoms with Gasteiger partial charge in [0.1, 0.15) is 18.1 Å². The van der Waals surface area contributed by atoms with Crippen LogP contribution in [0, 0.1) is 13.8 Å². The number of rotatable bonds is 4. The highest BCUT2D eigenvalue weighted by Gasteiger charge is 2.18. The van der Waals surface area contributed by atoms with Crippen LogP contribution in [0.3, 0.4) is 0 Å². The van der Waals surface area contributed by atoms with E-state index in [9.17, 15) is 4.79 Å². The third kappa shape index (κ3) is 3.69. The summed E-state index contributed by atoms with van der Waals surface area (Å²) in [5, 5.41) is 3.92. The zero-order chi connectivity index (χ0) is 16.2. The van der Waals surface area contributed by atoms with E-state index in [1.807, 2.05) is 54.8 Å². The first-order valence-electron chi connectivity index (χ1n) is 7.67. The molecule has 1 aromatic heterocycles. The van der Waals surface area contributed by atoms with Crippen LogP contribution in [0.4, 0.5) is 0 Å². The summed E-state index contributed by atoms with van der Waals surface area (Å²) in [5.74, 6) is 3.54. The number of amides is 1. The van der Waals surface area contributed by atoms with Crippen molar-refractivity contribution < 1.29 is 14.1 Å². The molecule has 0 N–H and O–H groups in total. The van der Waals surface area contributed by atoms with E-state index in [1.54, 1.807) is 0 Å². The van der Waals surface area contributed by atoms with E-state index >= 15 is 0 Å². The van der Waals surface area contributed by atoms with Crippen LogP contribution < -0.4 is 4.74 Å². The second kappa shape index (κ2) is 7.08. The molecule has 1 aromatic carbocycles. The first-order valence-corrected chi connectivity index (χ1v) is 8.82. The molecule has 0 saturated carbocycles. The molecule has 0 radical (unpaired) electrons. The lowest BCUT2D eigenvalue weighted by Crippen LogP contribution is -2.37. The van der Waals surface area contributed by atoms with Gasteiger partial charge in [0.15, 0.2) is 0 Å². The summed E-state index contributed by atoms with van der Waals surface area (Å²) in [6.07, 6.45) is 0. The maximum atomic E-state index is 12.5. The number of ether oxygens (including phenoxy) is 1. The molecule has 0 spiro atoms. The summed E-state index contributed by atoms with van der Waals surface area (Å²) >= 11 is 1.89. The first kappa shape index (κ1) is 15.9. The van der Waals surface area contributed by atoms with Crippen LogP contribution in [-0.4, -0.2) is 40.6 Å². The molecule has 2 aromatic rings. The molecule has 1 aliphatic rings. The van der Waals surface area contributed by atoms with Gasteiger partial charge in [-0.1, -0.05) is 11.2 Å². The summed E-state index contributed by atoms with van der Waals surface area (Å²) < 4.78 is 10.9. The Morgan fingerprint density at radius 3 is 2.83 bits per heavy atom. The average molecular weight is 332 g/mol.